The summed E-state index contributed by atoms with van der Waals surface area (Å²) < 4.78 is 0. The molecule has 0 aliphatic carbocycles. The van der Waals surface area contributed by atoms with Gasteiger partial charge in [-0.3, -0.25) is 4.79 Å². The summed E-state index contributed by atoms with van der Waals surface area (Å²) in [5.41, 5.74) is 5.95. The van der Waals surface area contributed by atoms with Gasteiger partial charge in [-0.05, 0) is 37.0 Å². The minimum atomic E-state index is -0.328. The Hall–Kier alpha value is -0.570. The van der Waals surface area contributed by atoms with Gasteiger partial charge in [0.25, 0.3) is 0 Å². The molecule has 0 aromatic rings. The first kappa shape index (κ1) is 14.5. The second kappa shape index (κ2) is 6.39. The highest BCUT2D eigenvalue weighted by molar-refractivity contribution is 5.81. The van der Waals surface area contributed by atoms with Gasteiger partial charge in [-0.1, -0.05) is 27.7 Å². The molecule has 1 unspecified atom stereocenters. The van der Waals surface area contributed by atoms with Crippen molar-refractivity contribution in [2.24, 2.45) is 23.5 Å². The summed E-state index contributed by atoms with van der Waals surface area (Å²) in [6.07, 6.45) is 3.51. The zero-order valence-electron chi connectivity index (χ0n) is 11.8. The van der Waals surface area contributed by atoms with Gasteiger partial charge in [-0.15, -0.1) is 0 Å². The average Bonchev–Trinajstić information content (AvgIpc) is 2.52. The highest BCUT2D eigenvalue weighted by atomic mass is 16.2. The van der Waals surface area contributed by atoms with E-state index >= 15 is 0 Å². The van der Waals surface area contributed by atoms with E-state index in [0.29, 0.717) is 0 Å². The van der Waals surface area contributed by atoms with Crippen LogP contribution in [0.15, 0.2) is 0 Å². The van der Waals surface area contributed by atoms with Crippen molar-refractivity contribution in [1.82, 2.24) is 4.90 Å². The number of nitrogens with two attached hydrogens (primary N) is 1. The first-order chi connectivity index (χ1) is 7.93. The molecule has 0 aromatic heterocycles. The molecule has 0 bridgehead atoms. The van der Waals surface area contributed by atoms with E-state index in [4.69, 9.17) is 5.73 Å². The first-order valence-corrected chi connectivity index (χ1v) is 6.97. The molecule has 2 atom stereocenters. The van der Waals surface area contributed by atoms with Crippen LogP contribution in [0.4, 0.5) is 0 Å². The zero-order chi connectivity index (χ0) is 13.0. The number of hydrogen-bond acceptors (Lipinski definition) is 2. The number of rotatable bonds is 3. The van der Waals surface area contributed by atoms with Crippen LogP contribution in [0.5, 0.6) is 0 Å². The Bertz CT molecular complexity index is 251. The Labute approximate surface area is 106 Å². The van der Waals surface area contributed by atoms with E-state index in [1.54, 1.807) is 0 Å². The largest absolute Gasteiger partial charge is 0.341 e. The molecule has 1 aliphatic rings. The van der Waals surface area contributed by atoms with Crippen LogP contribution in [0, 0.1) is 17.8 Å². The van der Waals surface area contributed by atoms with Gasteiger partial charge in [0, 0.05) is 13.1 Å². The van der Waals surface area contributed by atoms with E-state index in [2.05, 4.69) is 13.8 Å². The third-order valence-corrected chi connectivity index (χ3v) is 4.03. The molecule has 0 saturated carbocycles. The topological polar surface area (TPSA) is 46.3 Å². The second-order valence-corrected chi connectivity index (χ2v) is 6.03. The van der Waals surface area contributed by atoms with Gasteiger partial charge in [-0.2, -0.15) is 0 Å². The van der Waals surface area contributed by atoms with E-state index in [1.165, 1.54) is 6.42 Å². The number of hydrogen-bond donors (Lipinski definition) is 1. The predicted molar refractivity (Wildman–Crippen MR) is 71.6 cm³/mol. The Kier molecular flexibility index (Phi) is 5.44. The van der Waals surface area contributed by atoms with Gasteiger partial charge >= 0.3 is 0 Å². The lowest BCUT2D eigenvalue weighted by Crippen LogP contribution is -2.46. The number of carbonyl (C=O) groups excluding carboxylic acids is 1. The van der Waals surface area contributed by atoms with Gasteiger partial charge in [0.2, 0.25) is 5.91 Å². The lowest BCUT2D eigenvalue weighted by molar-refractivity contribution is -0.133. The zero-order valence-corrected chi connectivity index (χ0v) is 11.8. The number of likely N-dealkylation sites (tertiary alicyclic amines) is 1. The standard InChI is InChI=1S/C14H28N2O/c1-10(2)12-6-5-8-16(9-7-12)14(17)13(15)11(3)4/h10-13H,5-9,15H2,1-4H3/t12?,13-/m1/s1. The molecule has 0 radical (unpaired) electrons. The predicted octanol–water partition coefficient (Wildman–Crippen LogP) is 2.25. The second-order valence-electron chi connectivity index (χ2n) is 6.03. The maximum absolute atomic E-state index is 12.2. The van der Waals surface area contributed by atoms with E-state index < -0.39 is 0 Å². The van der Waals surface area contributed by atoms with E-state index in [-0.39, 0.29) is 17.9 Å². The Morgan fingerprint density at radius 2 is 1.82 bits per heavy atom. The Balaban J connectivity index is 2.54. The van der Waals surface area contributed by atoms with Crippen LogP contribution in [-0.4, -0.2) is 29.9 Å². The molecule has 1 amide bonds. The summed E-state index contributed by atoms with van der Waals surface area (Å²) in [6.45, 7) is 10.4. The third kappa shape index (κ3) is 3.98. The lowest BCUT2D eigenvalue weighted by atomic mass is 9.89. The van der Waals surface area contributed by atoms with Crippen molar-refractivity contribution in [2.45, 2.75) is 53.0 Å². The van der Waals surface area contributed by atoms with Crippen molar-refractivity contribution in [3.63, 3.8) is 0 Å². The molecule has 1 fully saturated rings. The molecule has 0 aromatic carbocycles. The summed E-state index contributed by atoms with van der Waals surface area (Å²) in [5.74, 6) is 1.86. The Morgan fingerprint density at radius 1 is 1.18 bits per heavy atom. The summed E-state index contributed by atoms with van der Waals surface area (Å²) in [6, 6.07) is -0.328. The molecule has 3 nitrogen and oxygen atoms in total. The summed E-state index contributed by atoms with van der Waals surface area (Å²) in [7, 11) is 0. The Morgan fingerprint density at radius 3 is 2.35 bits per heavy atom. The SMILES string of the molecule is CC(C)C1CCCN(C(=O)[C@H](N)C(C)C)CC1. The highest BCUT2D eigenvalue weighted by Crippen LogP contribution is 2.24. The molecule has 3 heteroatoms. The lowest BCUT2D eigenvalue weighted by Gasteiger charge is -2.26. The van der Waals surface area contributed by atoms with E-state index in [0.717, 1.165) is 37.8 Å². The van der Waals surface area contributed by atoms with Crippen molar-refractivity contribution in [3.8, 4) is 0 Å². The molecule has 0 spiro atoms. The summed E-state index contributed by atoms with van der Waals surface area (Å²) in [5, 5.41) is 0. The molecule has 1 rings (SSSR count). The van der Waals surface area contributed by atoms with Gasteiger partial charge in [-0.25, -0.2) is 0 Å². The monoisotopic (exact) mass is 240 g/mol. The maximum Gasteiger partial charge on any atom is 0.239 e. The summed E-state index contributed by atoms with van der Waals surface area (Å²) >= 11 is 0. The first-order valence-electron chi connectivity index (χ1n) is 6.97. The van der Waals surface area contributed by atoms with Crippen molar-refractivity contribution >= 4 is 5.91 Å². The van der Waals surface area contributed by atoms with Crippen molar-refractivity contribution in [2.75, 3.05) is 13.1 Å². The van der Waals surface area contributed by atoms with Gasteiger partial charge in [0.05, 0.1) is 6.04 Å². The molecule has 1 heterocycles. The quantitative estimate of drug-likeness (QED) is 0.822. The van der Waals surface area contributed by atoms with E-state index in [1.807, 2.05) is 18.7 Å². The van der Waals surface area contributed by atoms with Gasteiger partial charge in [0.1, 0.15) is 0 Å². The molecule has 17 heavy (non-hydrogen) atoms. The fourth-order valence-electron chi connectivity index (χ4n) is 2.51. The number of carbonyl (C=O) groups is 1. The molecular formula is C14H28N2O. The van der Waals surface area contributed by atoms with Crippen LogP contribution in [0.3, 0.4) is 0 Å². The number of nitrogens with zero attached hydrogens (tertiary/aromatic N) is 1. The van der Waals surface area contributed by atoms with Crippen molar-refractivity contribution in [3.05, 3.63) is 0 Å². The third-order valence-electron chi connectivity index (χ3n) is 4.03. The van der Waals surface area contributed by atoms with Crippen LogP contribution < -0.4 is 5.73 Å². The smallest absolute Gasteiger partial charge is 0.239 e. The molecule has 100 valence electrons. The van der Waals surface area contributed by atoms with Crippen LogP contribution in [0.25, 0.3) is 0 Å². The number of amides is 1. The molecule has 1 saturated heterocycles. The normalized spacial score (nSPS) is 23.9. The van der Waals surface area contributed by atoms with Crippen LogP contribution in [0.1, 0.15) is 47.0 Å². The van der Waals surface area contributed by atoms with Gasteiger partial charge in [0.15, 0.2) is 0 Å². The maximum atomic E-state index is 12.2. The summed E-state index contributed by atoms with van der Waals surface area (Å²) in [4.78, 5) is 14.1. The highest BCUT2D eigenvalue weighted by Gasteiger charge is 2.26. The fraction of sp³-hybridized carbons (Fsp3) is 0.929. The minimum absolute atomic E-state index is 0.143. The fourth-order valence-corrected chi connectivity index (χ4v) is 2.51. The molecule has 2 N–H and O–H groups in total. The average molecular weight is 240 g/mol. The molecular weight excluding hydrogens is 212 g/mol. The van der Waals surface area contributed by atoms with Crippen molar-refractivity contribution in [1.29, 1.82) is 0 Å². The van der Waals surface area contributed by atoms with Crippen LogP contribution in [-0.2, 0) is 4.79 Å². The van der Waals surface area contributed by atoms with Crippen molar-refractivity contribution < 1.29 is 4.79 Å². The molecule has 1 aliphatic heterocycles. The van der Waals surface area contributed by atoms with Crippen LogP contribution in [0.2, 0.25) is 0 Å². The van der Waals surface area contributed by atoms with Gasteiger partial charge < -0.3 is 10.6 Å². The van der Waals surface area contributed by atoms with Crippen LogP contribution >= 0.6 is 0 Å². The minimum Gasteiger partial charge on any atom is -0.341 e. The van der Waals surface area contributed by atoms with E-state index in [9.17, 15) is 4.79 Å².